The van der Waals surface area contributed by atoms with Gasteiger partial charge >= 0.3 is 5.97 Å². The normalized spacial score (nSPS) is 12.2. The smallest absolute Gasteiger partial charge is 0.339 e. The third kappa shape index (κ3) is 2.42. The van der Waals surface area contributed by atoms with Crippen molar-refractivity contribution in [1.82, 2.24) is 0 Å². The summed E-state index contributed by atoms with van der Waals surface area (Å²) in [4.78, 5) is 11.4. The van der Waals surface area contributed by atoms with Crippen molar-refractivity contribution in [2.24, 2.45) is 0 Å². The summed E-state index contributed by atoms with van der Waals surface area (Å²) in [6.07, 6.45) is 0.408. The molecule has 0 radical (unpaired) electrons. The highest BCUT2D eigenvalue weighted by Crippen LogP contribution is 2.24. The van der Waals surface area contributed by atoms with Crippen LogP contribution in [0.2, 0.25) is 0 Å². The number of hydrogen-bond donors (Lipinski definition) is 1. The van der Waals surface area contributed by atoms with Gasteiger partial charge in [-0.2, -0.15) is 0 Å². The highest BCUT2D eigenvalue weighted by atomic mass is 16.5. The van der Waals surface area contributed by atoms with Crippen LogP contribution in [0.4, 0.5) is 0 Å². The minimum Gasteiger partial charge on any atom is -0.467 e. The van der Waals surface area contributed by atoms with Gasteiger partial charge in [0.15, 0.2) is 6.10 Å². The van der Waals surface area contributed by atoms with Gasteiger partial charge in [-0.3, -0.25) is 0 Å². The maximum atomic E-state index is 11.4. The predicted molar refractivity (Wildman–Crippen MR) is 62.2 cm³/mol. The molecule has 0 bridgehead atoms. The van der Waals surface area contributed by atoms with E-state index in [2.05, 4.69) is 4.74 Å². The van der Waals surface area contributed by atoms with E-state index in [0.29, 0.717) is 5.56 Å². The van der Waals surface area contributed by atoms with Crippen LogP contribution in [0.15, 0.2) is 18.2 Å². The Bertz CT molecular complexity index is 349. The van der Waals surface area contributed by atoms with Crippen molar-refractivity contribution in [2.75, 3.05) is 7.11 Å². The van der Waals surface area contributed by atoms with Crippen molar-refractivity contribution in [3.63, 3.8) is 0 Å². The van der Waals surface area contributed by atoms with E-state index in [1.54, 1.807) is 0 Å². The number of aliphatic hydroxyl groups is 1. The number of aliphatic hydroxyl groups excluding tert-OH is 1. The Hall–Kier alpha value is -1.35. The van der Waals surface area contributed by atoms with Gasteiger partial charge in [-0.05, 0) is 29.5 Å². The van der Waals surface area contributed by atoms with E-state index < -0.39 is 12.1 Å². The first kappa shape index (κ1) is 12.7. The van der Waals surface area contributed by atoms with Gasteiger partial charge in [-0.15, -0.1) is 0 Å². The largest absolute Gasteiger partial charge is 0.467 e. The quantitative estimate of drug-likeness (QED) is 0.793. The van der Waals surface area contributed by atoms with Gasteiger partial charge in [0.05, 0.1) is 7.11 Å². The third-order valence-corrected chi connectivity index (χ3v) is 2.75. The van der Waals surface area contributed by atoms with E-state index in [9.17, 15) is 9.90 Å². The second-order valence-corrected chi connectivity index (χ2v) is 3.62. The molecule has 0 saturated heterocycles. The first-order chi connectivity index (χ1) is 7.65. The van der Waals surface area contributed by atoms with Crippen LogP contribution in [-0.4, -0.2) is 18.2 Å². The molecular weight excluding hydrogens is 204 g/mol. The monoisotopic (exact) mass is 222 g/mol. The number of esters is 1. The molecule has 3 nitrogen and oxygen atoms in total. The van der Waals surface area contributed by atoms with E-state index >= 15 is 0 Å². The van der Waals surface area contributed by atoms with Crippen LogP contribution in [0.3, 0.4) is 0 Å². The van der Waals surface area contributed by atoms with Crippen molar-refractivity contribution in [3.05, 3.63) is 34.9 Å². The van der Waals surface area contributed by atoms with Crippen molar-refractivity contribution in [2.45, 2.75) is 32.8 Å². The number of ether oxygens (including phenoxy) is 1. The molecule has 0 heterocycles. The number of carbonyl (C=O) groups excluding carboxylic acids is 1. The molecule has 0 aliphatic rings. The molecule has 0 aliphatic heterocycles. The average Bonchev–Trinajstić information content (AvgIpc) is 2.35. The number of methoxy groups -OCH3 is 1. The average molecular weight is 222 g/mol. The summed E-state index contributed by atoms with van der Waals surface area (Å²) in [5.41, 5.74) is 2.70. The highest BCUT2D eigenvalue weighted by Gasteiger charge is 2.22. The summed E-state index contributed by atoms with van der Waals surface area (Å²) < 4.78 is 4.58. The lowest BCUT2D eigenvalue weighted by atomic mass is 9.93. The standard InChI is InChI=1S/C13H18O3/c1-4-9-7-6-8-10(5-2)11(9)12(14)13(15)16-3/h6-8,12,14H,4-5H2,1-3H3. The van der Waals surface area contributed by atoms with E-state index in [-0.39, 0.29) is 0 Å². The fourth-order valence-electron chi connectivity index (χ4n) is 1.86. The molecule has 16 heavy (non-hydrogen) atoms. The van der Waals surface area contributed by atoms with Crippen LogP contribution in [0.5, 0.6) is 0 Å². The lowest BCUT2D eigenvalue weighted by Crippen LogP contribution is -2.17. The van der Waals surface area contributed by atoms with E-state index in [0.717, 1.165) is 24.0 Å². The van der Waals surface area contributed by atoms with Crippen LogP contribution < -0.4 is 0 Å². The van der Waals surface area contributed by atoms with Gasteiger partial charge in [0.1, 0.15) is 0 Å². The molecule has 1 aromatic carbocycles. The Morgan fingerprint density at radius 1 is 1.31 bits per heavy atom. The molecule has 88 valence electrons. The maximum Gasteiger partial charge on any atom is 0.339 e. The minimum absolute atomic E-state index is 0.601. The summed E-state index contributed by atoms with van der Waals surface area (Å²) >= 11 is 0. The summed E-state index contributed by atoms with van der Waals surface area (Å²) in [6, 6.07) is 5.81. The zero-order valence-corrected chi connectivity index (χ0v) is 9.99. The number of hydrogen-bond acceptors (Lipinski definition) is 3. The Morgan fingerprint density at radius 3 is 2.19 bits per heavy atom. The van der Waals surface area contributed by atoms with Crippen molar-refractivity contribution < 1.29 is 14.6 Å². The SMILES string of the molecule is CCc1cccc(CC)c1C(O)C(=O)OC. The second kappa shape index (κ2) is 5.66. The molecule has 1 N–H and O–H groups in total. The number of carbonyl (C=O) groups is 1. The summed E-state index contributed by atoms with van der Waals surface area (Å²) in [6.45, 7) is 4.00. The second-order valence-electron chi connectivity index (χ2n) is 3.62. The van der Waals surface area contributed by atoms with E-state index in [1.165, 1.54) is 7.11 Å². The molecule has 1 atom stereocenters. The lowest BCUT2D eigenvalue weighted by molar-refractivity contribution is -0.150. The van der Waals surface area contributed by atoms with Crippen molar-refractivity contribution >= 4 is 5.97 Å². The Kier molecular flexibility index (Phi) is 4.50. The van der Waals surface area contributed by atoms with Gasteiger partial charge in [0, 0.05) is 0 Å². The molecular formula is C13H18O3. The van der Waals surface area contributed by atoms with E-state index in [4.69, 9.17) is 0 Å². The van der Waals surface area contributed by atoms with Crippen molar-refractivity contribution in [3.8, 4) is 0 Å². The number of benzene rings is 1. The molecule has 0 amide bonds. The Balaban J connectivity index is 3.22. The zero-order chi connectivity index (χ0) is 12.1. The van der Waals surface area contributed by atoms with Gasteiger partial charge in [0.25, 0.3) is 0 Å². The molecule has 1 aromatic rings. The molecule has 0 aliphatic carbocycles. The van der Waals surface area contributed by atoms with E-state index in [1.807, 2.05) is 32.0 Å². The summed E-state index contributed by atoms with van der Waals surface area (Å²) in [5, 5.41) is 9.94. The first-order valence-corrected chi connectivity index (χ1v) is 5.52. The molecule has 0 spiro atoms. The summed E-state index contributed by atoms with van der Waals surface area (Å²) in [5.74, 6) is -0.601. The number of aryl methyl sites for hydroxylation is 2. The third-order valence-electron chi connectivity index (χ3n) is 2.75. The molecule has 0 aromatic heterocycles. The topological polar surface area (TPSA) is 46.5 Å². The zero-order valence-electron chi connectivity index (χ0n) is 9.99. The molecule has 1 unspecified atom stereocenters. The summed E-state index contributed by atoms with van der Waals surface area (Å²) in [7, 11) is 1.28. The van der Waals surface area contributed by atoms with Crippen molar-refractivity contribution in [1.29, 1.82) is 0 Å². The molecule has 1 rings (SSSR count). The van der Waals surface area contributed by atoms with Crippen LogP contribution >= 0.6 is 0 Å². The van der Waals surface area contributed by atoms with Gasteiger partial charge in [-0.1, -0.05) is 32.0 Å². The minimum atomic E-state index is -1.17. The molecule has 3 heteroatoms. The van der Waals surface area contributed by atoms with Gasteiger partial charge in [0.2, 0.25) is 0 Å². The van der Waals surface area contributed by atoms with Crippen LogP contribution in [-0.2, 0) is 22.4 Å². The highest BCUT2D eigenvalue weighted by molar-refractivity contribution is 5.77. The number of rotatable bonds is 4. The Labute approximate surface area is 96.1 Å². The Morgan fingerprint density at radius 2 is 1.81 bits per heavy atom. The van der Waals surface area contributed by atoms with Crippen LogP contribution in [0.25, 0.3) is 0 Å². The lowest BCUT2D eigenvalue weighted by Gasteiger charge is -2.16. The van der Waals surface area contributed by atoms with Gasteiger partial charge in [-0.25, -0.2) is 4.79 Å². The fourth-order valence-corrected chi connectivity index (χ4v) is 1.86. The maximum absolute atomic E-state index is 11.4. The van der Waals surface area contributed by atoms with Crippen LogP contribution in [0.1, 0.15) is 36.6 Å². The molecule has 0 saturated carbocycles. The predicted octanol–water partition coefficient (Wildman–Crippen LogP) is 2.02. The van der Waals surface area contributed by atoms with Crippen LogP contribution in [0, 0.1) is 0 Å². The first-order valence-electron chi connectivity index (χ1n) is 5.52. The van der Waals surface area contributed by atoms with Gasteiger partial charge < -0.3 is 9.84 Å². The molecule has 0 fully saturated rings. The fraction of sp³-hybridized carbons (Fsp3) is 0.462.